The van der Waals surface area contributed by atoms with E-state index in [1.807, 2.05) is 6.92 Å². The zero-order valence-electron chi connectivity index (χ0n) is 10.9. The number of hydrogen-bond donors (Lipinski definition) is 1. The van der Waals surface area contributed by atoms with Gasteiger partial charge in [-0.3, -0.25) is 0 Å². The SMILES string of the molecule is Cc1ccc(F)cc1C1CC(O)c2cc(F)ccc2O1. The van der Waals surface area contributed by atoms with Crippen molar-refractivity contribution >= 4 is 0 Å². The van der Waals surface area contributed by atoms with E-state index >= 15 is 0 Å². The van der Waals surface area contributed by atoms with Gasteiger partial charge < -0.3 is 9.84 Å². The monoisotopic (exact) mass is 276 g/mol. The van der Waals surface area contributed by atoms with Crippen LogP contribution in [0.4, 0.5) is 8.78 Å². The van der Waals surface area contributed by atoms with Crippen LogP contribution in [0, 0.1) is 18.6 Å². The number of halogens is 2. The third-order valence-electron chi connectivity index (χ3n) is 3.63. The Balaban J connectivity index is 1.99. The maximum Gasteiger partial charge on any atom is 0.127 e. The van der Waals surface area contributed by atoms with Crippen molar-refractivity contribution in [3.8, 4) is 5.75 Å². The Bertz CT molecular complexity index is 655. The van der Waals surface area contributed by atoms with Gasteiger partial charge in [-0.25, -0.2) is 8.78 Å². The molecule has 1 aliphatic rings. The summed E-state index contributed by atoms with van der Waals surface area (Å²) in [6.07, 6.45) is -0.971. The van der Waals surface area contributed by atoms with Crippen molar-refractivity contribution in [2.45, 2.75) is 25.6 Å². The molecule has 0 saturated heterocycles. The average molecular weight is 276 g/mol. The Kier molecular flexibility index (Phi) is 3.18. The van der Waals surface area contributed by atoms with E-state index < -0.39 is 18.0 Å². The highest BCUT2D eigenvalue weighted by molar-refractivity contribution is 5.40. The summed E-state index contributed by atoms with van der Waals surface area (Å²) in [6.45, 7) is 1.87. The fourth-order valence-electron chi connectivity index (χ4n) is 2.57. The Hall–Kier alpha value is -1.94. The largest absolute Gasteiger partial charge is 0.485 e. The Morgan fingerprint density at radius 3 is 2.45 bits per heavy atom. The summed E-state index contributed by atoms with van der Waals surface area (Å²) in [6, 6.07) is 8.54. The molecule has 2 aromatic rings. The zero-order chi connectivity index (χ0) is 14.3. The van der Waals surface area contributed by atoms with Gasteiger partial charge in [-0.1, -0.05) is 6.07 Å². The quantitative estimate of drug-likeness (QED) is 0.857. The lowest BCUT2D eigenvalue weighted by Gasteiger charge is -2.30. The minimum atomic E-state index is -0.817. The summed E-state index contributed by atoms with van der Waals surface area (Å²) in [5.41, 5.74) is 2.04. The van der Waals surface area contributed by atoms with E-state index in [9.17, 15) is 13.9 Å². The fourth-order valence-corrected chi connectivity index (χ4v) is 2.57. The van der Waals surface area contributed by atoms with Crippen molar-refractivity contribution in [3.63, 3.8) is 0 Å². The van der Waals surface area contributed by atoms with Crippen molar-refractivity contribution in [2.24, 2.45) is 0 Å². The third kappa shape index (κ3) is 2.27. The summed E-state index contributed by atoms with van der Waals surface area (Å²) in [5, 5.41) is 10.1. The van der Waals surface area contributed by atoms with Crippen LogP contribution in [0.3, 0.4) is 0 Å². The second-order valence-corrected chi connectivity index (χ2v) is 5.04. The highest BCUT2D eigenvalue weighted by atomic mass is 19.1. The predicted octanol–water partition coefficient (Wildman–Crippen LogP) is 3.83. The van der Waals surface area contributed by atoms with Gasteiger partial charge in [0.15, 0.2) is 0 Å². The maximum atomic E-state index is 13.4. The maximum absolute atomic E-state index is 13.4. The Morgan fingerprint density at radius 1 is 1.05 bits per heavy atom. The highest BCUT2D eigenvalue weighted by Gasteiger charge is 2.29. The van der Waals surface area contributed by atoms with Gasteiger partial charge in [0.25, 0.3) is 0 Å². The second kappa shape index (κ2) is 4.87. The number of fused-ring (bicyclic) bond motifs is 1. The van der Waals surface area contributed by atoms with E-state index in [2.05, 4.69) is 0 Å². The first-order chi connectivity index (χ1) is 9.54. The van der Waals surface area contributed by atoms with Crippen molar-refractivity contribution in [1.82, 2.24) is 0 Å². The molecule has 4 heteroatoms. The lowest BCUT2D eigenvalue weighted by atomic mass is 9.93. The molecule has 1 heterocycles. The molecular weight excluding hydrogens is 262 g/mol. The average Bonchev–Trinajstić information content (AvgIpc) is 2.42. The predicted molar refractivity (Wildman–Crippen MR) is 70.5 cm³/mol. The van der Waals surface area contributed by atoms with Crippen LogP contribution in [-0.2, 0) is 0 Å². The standard InChI is InChI=1S/C16H14F2O2/c1-9-2-3-10(17)6-12(9)16-8-14(19)13-7-11(18)4-5-15(13)20-16/h2-7,14,16,19H,8H2,1H3. The number of ether oxygens (including phenoxy) is 1. The second-order valence-electron chi connectivity index (χ2n) is 5.04. The molecule has 0 spiro atoms. The number of benzene rings is 2. The van der Waals surface area contributed by atoms with Gasteiger partial charge in [0.1, 0.15) is 23.5 Å². The topological polar surface area (TPSA) is 29.5 Å². The van der Waals surface area contributed by atoms with Crippen LogP contribution in [0.5, 0.6) is 5.75 Å². The first-order valence-corrected chi connectivity index (χ1v) is 6.45. The fraction of sp³-hybridized carbons (Fsp3) is 0.250. The van der Waals surface area contributed by atoms with Gasteiger partial charge in [0.05, 0.1) is 6.10 Å². The van der Waals surface area contributed by atoms with Crippen molar-refractivity contribution in [1.29, 1.82) is 0 Å². The lowest BCUT2D eigenvalue weighted by Crippen LogP contribution is -2.20. The number of aryl methyl sites for hydroxylation is 1. The van der Waals surface area contributed by atoms with Crippen LogP contribution >= 0.6 is 0 Å². The van der Waals surface area contributed by atoms with E-state index in [4.69, 9.17) is 4.74 Å². The summed E-state index contributed by atoms with van der Waals surface area (Å²) in [5.74, 6) is -0.306. The summed E-state index contributed by atoms with van der Waals surface area (Å²) >= 11 is 0. The van der Waals surface area contributed by atoms with Gasteiger partial charge in [0.2, 0.25) is 0 Å². The van der Waals surface area contributed by atoms with Gasteiger partial charge in [-0.2, -0.15) is 0 Å². The zero-order valence-corrected chi connectivity index (χ0v) is 10.9. The molecule has 1 N–H and O–H groups in total. The normalized spacial score (nSPS) is 21.2. The molecule has 0 bridgehead atoms. The first kappa shape index (κ1) is 13.1. The van der Waals surface area contributed by atoms with Crippen molar-refractivity contribution in [2.75, 3.05) is 0 Å². The number of aliphatic hydroxyl groups excluding tert-OH is 1. The van der Waals surface area contributed by atoms with E-state index in [1.165, 1.54) is 30.3 Å². The molecule has 0 saturated carbocycles. The summed E-state index contributed by atoms with van der Waals surface area (Å²) < 4.78 is 32.4. The molecule has 0 amide bonds. The number of aliphatic hydroxyl groups is 1. The molecule has 0 aromatic heterocycles. The molecule has 0 fully saturated rings. The molecule has 2 nitrogen and oxygen atoms in total. The highest BCUT2D eigenvalue weighted by Crippen LogP contribution is 2.41. The molecule has 104 valence electrons. The minimum Gasteiger partial charge on any atom is -0.485 e. The smallest absolute Gasteiger partial charge is 0.127 e. The molecule has 2 atom stereocenters. The Morgan fingerprint density at radius 2 is 1.70 bits per heavy atom. The number of rotatable bonds is 1. The van der Waals surface area contributed by atoms with Crippen LogP contribution < -0.4 is 4.74 Å². The third-order valence-corrected chi connectivity index (χ3v) is 3.63. The van der Waals surface area contributed by atoms with Crippen molar-refractivity contribution in [3.05, 3.63) is 64.7 Å². The molecule has 3 rings (SSSR count). The van der Waals surface area contributed by atoms with Crippen LogP contribution in [0.1, 0.15) is 35.3 Å². The molecular formula is C16H14F2O2. The number of hydrogen-bond acceptors (Lipinski definition) is 2. The van der Waals surface area contributed by atoms with Crippen LogP contribution in [0.15, 0.2) is 36.4 Å². The van der Waals surface area contributed by atoms with Crippen LogP contribution in [0.25, 0.3) is 0 Å². The Labute approximate surface area is 115 Å². The van der Waals surface area contributed by atoms with Gasteiger partial charge in [-0.15, -0.1) is 0 Å². The molecule has 20 heavy (non-hydrogen) atoms. The summed E-state index contributed by atoms with van der Waals surface area (Å²) in [7, 11) is 0. The molecule has 0 radical (unpaired) electrons. The van der Waals surface area contributed by atoms with Crippen molar-refractivity contribution < 1.29 is 18.6 Å². The van der Waals surface area contributed by atoms with E-state index in [1.54, 1.807) is 6.07 Å². The van der Waals surface area contributed by atoms with E-state index in [0.717, 1.165) is 5.56 Å². The summed E-state index contributed by atoms with van der Waals surface area (Å²) in [4.78, 5) is 0. The van der Waals surface area contributed by atoms with Crippen LogP contribution in [-0.4, -0.2) is 5.11 Å². The molecule has 1 aliphatic heterocycles. The lowest BCUT2D eigenvalue weighted by molar-refractivity contribution is 0.0649. The molecule has 2 unspecified atom stereocenters. The molecule has 0 aliphatic carbocycles. The van der Waals surface area contributed by atoms with Gasteiger partial charge in [-0.05, 0) is 48.4 Å². The van der Waals surface area contributed by atoms with E-state index in [-0.39, 0.29) is 12.2 Å². The van der Waals surface area contributed by atoms with E-state index in [0.29, 0.717) is 16.9 Å². The molecule has 2 aromatic carbocycles. The first-order valence-electron chi connectivity index (χ1n) is 6.45. The van der Waals surface area contributed by atoms with Gasteiger partial charge in [0, 0.05) is 12.0 Å². The van der Waals surface area contributed by atoms with Crippen LogP contribution in [0.2, 0.25) is 0 Å². The minimum absolute atomic E-state index is 0.279. The van der Waals surface area contributed by atoms with Gasteiger partial charge >= 0.3 is 0 Å².